The fourth-order valence-corrected chi connectivity index (χ4v) is 2.96. The third kappa shape index (κ3) is 6.77. The minimum atomic E-state index is -0.478. The van der Waals surface area contributed by atoms with Gasteiger partial charge >= 0.3 is 5.97 Å². The first-order chi connectivity index (χ1) is 14.5. The maximum absolute atomic E-state index is 12.2. The Morgan fingerprint density at radius 1 is 1.10 bits per heavy atom. The summed E-state index contributed by atoms with van der Waals surface area (Å²) in [6.07, 6.45) is 1.47. The molecule has 0 aliphatic heterocycles. The summed E-state index contributed by atoms with van der Waals surface area (Å²) in [5.41, 5.74) is 3.57. The fourth-order valence-electron chi connectivity index (χ4n) is 2.39. The van der Waals surface area contributed by atoms with Crippen molar-refractivity contribution in [3.63, 3.8) is 0 Å². The summed E-state index contributed by atoms with van der Waals surface area (Å²) in [6, 6.07) is 10.1. The second-order valence-corrected chi connectivity index (χ2v) is 6.64. The third-order valence-corrected chi connectivity index (χ3v) is 4.29. The van der Waals surface area contributed by atoms with Gasteiger partial charge in [0.05, 0.1) is 31.0 Å². The molecule has 0 saturated carbocycles. The van der Waals surface area contributed by atoms with E-state index in [2.05, 4.69) is 26.5 Å². The molecule has 0 atom stereocenters. The summed E-state index contributed by atoms with van der Waals surface area (Å²) in [5.74, 6) is 0.623. The molecule has 8 nitrogen and oxygen atoms in total. The molecule has 0 aromatic heterocycles. The Hall–Kier alpha value is -3.07. The zero-order valence-corrected chi connectivity index (χ0v) is 18.5. The number of nitrogens with one attached hydrogen (secondary N) is 1. The number of amides is 1. The molecular weight excluding hydrogens is 456 g/mol. The van der Waals surface area contributed by atoms with E-state index in [0.29, 0.717) is 39.5 Å². The van der Waals surface area contributed by atoms with Crippen molar-refractivity contribution in [3.8, 4) is 17.2 Å². The topological polar surface area (TPSA) is 95.5 Å². The molecule has 9 heteroatoms. The monoisotopic (exact) mass is 478 g/mol. The summed E-state index contributed by atoms with van der Waals surface area (Å²) in [4.78, 5) is 23.7. The molecule has 0 aliphatic carbocycles. The van der Waals surface area contributed by atoms with Gasteiger partial charge in [0.1, 0.15) is 5.75 Å². The summed E-state index contributed by atoms with van der Waals surface area (Å²) in [5, 5.41) is 3.97. The van der Waals surface area contributed by atoms with Crippen LogP contribution >= 0.6 is 15.9 Å². The van der Waals surface area contributed by atoms with Crippen LogP contribution in [0.2, 0.25) is 0 Å². The number of nitrogens with zero attached hydrogens (tertiary/aromatic N) is 1. The number of benzene rings is 2. The van der Waals surface area contributed by atoms with Gasteiger partial charge in [0, 0.05) is 5.56 Å². The van der Waals surface area contributed by atoms with Crippen LogP contribution in [0.25, 0.3) is 0 Å². The molecule has 0 heterocycles. The number of rotatable bonds is 10. The summed E-state index contributed by atoms with van der Waals surface area (Å²) >= 11 is 3.39. The summed E-state index contributed by atoms with van der Waals surface area (Å²) in [6.45, 7) is 4.20. The van der Waals surface area contributed by atoms with Crippen LogP contribution < -0.4 is 19.6 Å². The fraction of sp³-hybridized carbons (Fsp3) is 0.286. The number of hydrazone groups is 1. The van der Waals surface area contributed by atoms with E-state index in [4.69, 9.17) is 18.9 Å². The standard InChI is InChI=1S/C21H23BrN2O6/c1-4-28-16-8-6-15(7-9-16)21(26)24-23-12-14-10-17(22)20(18(11-14)27-3)30-13-19(25)29-5-2/h6-12H,4-5,13H2,1-3H3,(H,24,26)/b23-12+. The highest BCUT2D eigenvalue weighted by atomic mass is 79.9. The molecule has 0 radical (unpaired) electrons. The normalized spacial score (nSPS) is 10.5. The van der Waals surface area contributed by atoms with Crippen LogP contribution in [0.4, 0.5) is 0 Å². The second-order valence-electron chi connectivity index (χ2n) is 5.78. The highest BCUT2D eigenvalue weighted by molar-refractivity contribution is 9.10. The smallest absolute Gasteiger partial charge is 0.344 e. The number of hydrogen-bond acceptors (Lipinski definition) is 7. The molecule has 160 valence electrons. The van der Waals surface area contributed by atoms with Crippen molar-refractivity contribution >= 4 is 34.0 Å². The molecule has 0 bridgehead atoms. The molecule has 0 saturated heterocycles. The number of carbonyl (C=O) groups excluding carboxylic acids is 2. The third-order valence-electron chi connectivity index (χ3n) is 3.70. The van der Waals surface area contributed by atoms with Crippen molar-refractivity contribution in [3.05, 3.63) is 52.0 Å². The average Bonchev–Trinajstić information content (AvgIpc) is 2.73. The number of esters is 1. The lowest BCUT2D eigenvalue weighted by Gasteiger charge is -2.13. The largest absolute Gasteiger partial charge is 0.494 e. The molecule has 1 N–H and O–H groups in total. The van der Waals surface area contributed by atoms with Crippen LogP contribution in [0.5, 0.6) is 17.2 Å². The lowest BCUT2D eigenvalue weighted by atomic mass is 10.2. The lowest BCUT2D eigenvalue weighted by Crippen LogP contribution is -2.17. The molecule has 0 fully saturated rings. The van der Waals surface area contributed by atoms with Crippen LogP contribution in [-0.2, 0) is 9.53 Å². The number of halogens is 1. The van der Waals surface area contributed by atoms with Gasteiger partial charge < -0.3 is 18.9 Å². The zero-order chi connectivity index (χ0) is 21.9. The van der Waals surface area contributed by atoms with Gasteiger partial charge in [-0.1, -0.05) is 0 Å². The van der Waals surface area contributed by atoms with E-state index >= 15 is 0 Å². The minimum absolute atomic E-state index is 0.242. The van der Waals surface area contributed by atoms with Gasteiger partial charge in [-0.3, -0.25) is 4.79 Å². The zero-order valence-electron chi connectivity index (χ0n) is 16.9. The Morgan fingerprint density at radius 3 is 2.47 bits per heavy atom. The maximum Gasteiger partial charge on any atom is 0.344 e. The summed E-state index contributed by atoms with van der Waals surface area (Å²) in [7, 11) is 1.48. The summed E-state index contributed by atoms with van der Waals surface area (Å²) < 4.78 is 21.6. The van der Waals surface area contributed by atoms with Crippen LogP contribution in [-0.4, -0.2) is 45.0 Å². The molecule has 2 aromatic rings. The van der Waals surface area contributed by atoms with Gasteiger partial charge in [0.25, 0.3) is 5.91 Å². The van der Waals surface area contributed by atoms with Crippen molar-refractivity contribution in [1.29, 1.82) is 0 Å². The van der Waals surface area contributed by atoms with E-state index in [1.165, 1.54) is 13.3 Å². The van der Waals surface area contributed by atoms with E-state index in [-0.39, 0.29) is 19.1 Å². The van der Waals surface area contributed by atoms with Crippen molar-refractivity contribution in [2.24, 2.45) is 5.10 Å². The molecule has 0 unspecified atom stereocenters. The highest BCUT2D eigenvalue weighted by Crippen LogP contribution is 2.36. The first-order valence-corrected chi connectivity index (χ1v) is 10.00. The molecule has 0 spiro atoms. The van der Waals surface area contributed by atoms with Crippen LogP contribution in [0.1, 0.15) is 29.8 Å². The SMILES string of the molecule is CCOC(=O)COc1c(Br)cc(/C=N/NC(=O)c2ccc(OCC)cc2)cc1OC. The lowest BCUT2D eigenvalue weighted by molar-refractivity contribution is -0.145. The quantitative estimate of drug-likeness (QED) is 0.318. The minimum Gasteiger partial charge on any atom is -0.494 e. The number of ether oxygens (including phenoxy) is 4. The van der Waals surface area contributed by atoms with Crippen molar-refractivity contribution in [2.75, 3.05) is 26.9 Å². The predicted octanol–water partition coefficient (Wildman–Crippen LogP) is 3.56. The first-order valence-electron chi connectivity index (χ1n) is 9.20. The van der Waals surface area contributed by atoms with Gasteiger partial charge in [-0.15, -0.1) is 0 Å². The molecular formula is C21H23BrN2O6. The van der Waals surface area contributed by atoms with Gasteiger partial charge in [-0.2, -0.15) is 5.10 Å². The van der Waals surface area contributed by atoms with E-state index in [1.807, 2.05) is 6.92 Å². The van der Waals surface area contributed by atoms with Gasteiger partial charge in [-0.25, -0.2) is 10.2 Å². The van der Waals surface area contributed by atoms with Gasteiger partial charge in [0.2, 0.25) is 0 Å². The van der Waals surface area contributed by atoms with E-state index in [9.17, 15) is 9.59 Å². The maximum atomic E-state index is 12.2. The second kappa shape index (κ2) is 11.8. The number of hydrogen-bond donors (Lipinski definition) is 1. The Bertz CT molecular complexity index is 899. The molecule has 2 rings (SSSR count). The molecule has 30 heavy (non-hydrogen) atoms. The van der Waals surface area contributed by atoms with E-state index < -0.39 is 5.97 Å². The number of methoxy groups -OCH3 is 1. The van der Waals surface area contributed by atoms with Crippen molar-refractivity contribution in [1.82, 2.24) is 5.43 Å². The Kier molecular flexibility index (Phi) is 9.14. The van der Waals surface area contributed by atoms with E-state index in [0.717, 1.165) is 0 Å². The first kappa shape index (κ1) is 23.2. The van der Waals surface area contributed by atoms with E-state index in [1.54, 1.807) is 43.3 Å². The van der Waals surface area contributed by atoms with Crippen molar-refractivity contribution in [2.45, 2.75) is 13.8 Å². The Labute approximate surface area is 183 Å². The van der Waals surface area contributed by atoms with Crippen LogP contribution in [0.3, 0.4) is 0 Å². The Balaban J connectivity index is 2.03. The van der Waals surface area contributed by atoms with Crippen molar-refractivity contribution < 1.29 is 28.5 Å². The Morgan fingerprint density at radius 2 is 1.83 bits per heavy atom. The molecule has 0 aliphatic rings. The molecule has 2 aromatic carbocycles. The van der Waals surface area contributed by atoms with Crippen LogP contribution in [0.15, 0.2) is 46.0 Å². The average molecular weight is 479 g/mol. The van der Waals surface area contributed by atoms with Gasteiger partial charge in [-0.05, 0) is 71.7 Å². The van der Waals surface area contributed by atoms with Crippen LogP contribution in [0, 0.1) is 0 Å². The highest BCUT2D eigenvalue weighted by Gasteiger charge is 2.13. The number of carbonyl (C=O) groups is 2. The predicted molar refractivity (Wildman–Crippen MR) is 115 cm³/mol. The van der Waals surface area contributed by atoms with Gasteiger partial charge in [0.15, 0.2) is 18.1 Å². The molecule has 1 amide bonds.